The second kappa shape index (κ2) is 6.22. The molecule has 2 aromatic rings. The maximum absolute atomic E-state index is 12.1. The van der Waals surface area contributed by atoms with Crippen molar-refractivity contribution in [2.75, 3.05) is 0 Å². The van der Waals surface area contributed by atoms with Crippen LogP contribution >= 0.6 is 0 Å². The normalized spacial score (nSPS) is 16.9. The van der Waals surface area contributed by atoms with Gasteiger partial charge in [0, 0.05) is 24.8 Å². The molecule has 1 aromatic heterocycles. The van der Waals surface area contributed by atoms with Gasteiger partial charge in [-0.05, 0) is 31.7 Å². The highest BCUT2D eigenvalue weighted by Crippen LogP contribution is 2.28. The van der Waals surface area contributed by atoms with Crippen molar-refractivity contribution in [2.24, 2.45) is 7.05 Å². The highest BCUT2D eigenvalue weighted by molar-refractivity contribution is 5.74. The predicted octanol–water partition coefficient (Wildman–Crippen LogP) is 2.61. The molecule has 1 heterocycles. The van der Waals surface area contributed by atoms with Gasteiger partial charge in [-0.25, -0.2) is 4.79 Å². The summed E-state index contributed by atoms with van der Waals surface area (Å²) in [6.45, 7) is 2.59. The third kappa shape index (κ3) is 3.13. The Hall–Kier alpha value is -2.30. The molecule has 1 unspecified atom stereocenters. The van der Waals surface area contributed by atoms with Crippen LogP contribution in [0.5, 0.6) is 0 Å². The number of nitrogens with zero attached hydrogens (tertiary/aromatic N) is 2. The molecule has 0 fully saturated rings. The molecule has 0 radical (unpaired) electrons. The molecule has 2 N–H and O–H groups in total. The first kappa shape index (κ1) is 14.6. The van der Waals surface area contributed by atoms with Gasteiger partial charge in [0.1, 0.15) is 0 Å². The van der Waals surface area contributed by atoms with Gasteiger partial charge in [0.25, 0.3) is 0 Å². The third-order valence-electron chi connectivity index (χ3n) is 4.25. The topological polar surface area (TPSA) is 59.0 Å². The van der Waals surface area contributed by atoms with Gasteiger partial charge in [0.05, 0.1) is 12.2 Å². The van der Waals surface area contributed by atoms with Crippen LogP contribution in [0.4, 0.5) is 4.79 Å². The van der Waals surface area contributed by atoms with Gasteiger partial charge >= 0.3 is 6.03 Å². The van der Waals surface area contributed by atoms with Crippen LogP contribution in [0, 0.1) is 6.92 Å². The van der Waals surface area contributed by atoms with E-state index in [1.54, 1.807) is 0 Å². The summed E-state index contributed by atoms with van der Waals surface area (Å²) in [4.78, 5) is 12.1. The monoisotopic (exact) mass is 298 g/mol. The molecule has 0 saturated carbocycles. The van der Waals surface area contributed by atoms with E-state index in [2.05, 4.69) is 34.8 Å². The summed E-state index contributed by atoms with van der Waals surface area (Å²) in [5, 5.41) is 10.3. The lowest BCUT2D eigenvalue weighted by Crippen LogP contribution is -2.38. The summed E-state index contributed by atoms with van der Waals surface area (Å²) in [7, 11) is 1.96. The van der Waals surface area contributed by atoms with Crippen molar-refractivity contribution < 1.29 is 4.79 Å². The summed E-state index contributed by atoms with van der Waals surface area (Å²) < 4.78 is 1.91. The van der Waals surface area contributed by atoms with Crippen LogP contribution in [-0.2, 0) is 20.0 Å². The van der Waals surface area contributed by atoms with E-state index in [1.807, 2.05) is 30.1 Å². The number of hydrogen-bond donors (Lipinski definition) is 2. The number of fused-ring (bicyclic) bond motifs is 1. The van der Waals surface area contributed by atoms with Crippen molar-refractivity contribution in [1.82, 2.24) is 20.4 Å². The number of hydrogen-bond acceptors (Lipinski definition) is 2. The Labute approximate surface area is 130 Å². The number of aryl methyl sites for hydroxylation is 2. The Kier molecular flexibility index (Phi) is 4.13. The number of amides is 2. The maximum atomic E-state index is 12.1. The number of rotatable bonds is 3. The molecule has 5 heteroatoms. The zero-order valence-electron chi connectivity index (χ0n) is 13.1. The van der Waals surface area contributed by atoms with Crippen LogP contribution in [0.15, 0.2) is 30.5 Å². The van der Waals surface area contributed by atoms with Crippen molar-refractivity contribution in [3.8, 4) is 0 Å². The molecule has 3 rings (SSSR count). The molecule has 0 bridgehead atoms. The van der Waals surface area contributed by atoms with E-state index in [1.165, 1.54) is 11.3 Å². The highest BCUT2D eigenvalue weighted by Gasteiger charge is 2.24. The van der Waals surface area contributed by atoms with Gasteiger partial charge in [-0.2, -0.15) is 5.10 Å². The molecule has 5 nitrogen and oxygen atoms in total. The van der Waals surface area contributed by atoms with E-state index >= 15 is 0 Å². The van der Waals surface area contributed by atoms with Crippen LogP contribution in [-0.4, -0.2) is 15.8 Å². The Balaban J connectivity index is 1.57. The molecule has 1 aliphatic rings. The molecule has 0 saturated heterocycles. The van der Waals surface area contributed by atoms with Crippen molar-refractivity contribution >= 4 is 6.03 Å². The first-order valence-corrected chi connectivity index (χ1v) is 7.74. The molecule has 0 aliphatic heterocycles. The molecular weight excluding hydrogens is 276 g/mol. The van der Waals surface area contributed by atoms with E-state index < -0.39 is 0 Å². The van der Waals surface area contributed by atoms with E-state index in [0.717, 1.165) is 30.4 Å². The minimum atomic E-state index is -0.123. The Bertz CT molecular complexity index is 660. The van der Waals surface area contributed by atoms with Crippen molar-refractivity contribution in [2.45, 2.75) is 38.8 Å². The average Bonchev–Trinajstić information content (AvgIpc) is 2.90. The fourth-order valence-corrected chi connectivity index (χ4v) is 2.95. The average molecular weight is 298 g/mol. The van der Waals surface area contributed by atoms with Crippen molar-refractivity contribution in [1.29, 1.82) is 0 Å². The number of nitrogens with one attached hydrogen (secondary N) is 2. The first-order valence-electron chi connectivity index (χ1n) is 7.74. The smallest absolute Gasteiger partial charge is 0.315 e. The van der Waals surface area contributed by atoms with Gasteiger partial charge in [-0.1, -0.05) is 29.8 Å². The molecule has 1 aliphatic carbocycles. The zero-order chi connectivity index (χ0) is 15.5. The Morgan fingerprint density at radius 3 is 2.91 bits per heavy atom. The number of urea groups is 1. The van der Waals surface area contributed by atoms with Gasteiger partial charge < -0.3 is 10.6 Å². The van der Waals surface area contributed by atoms with E-state index in [0.29, 0.717) is 6.54 Å². The minimum absolute atomic E-state index is 0.0652. The number of benzene rings is 1. The minimum Gasteiger partial charge on any atom is -0.334 e. The second-order valence-corrected chi connectivity index (χ2v) is 5.93. The van der Waals surface area contributed by atoms with Gasteiger partial charge in [0.15, 0.2) is 0 Å². The molecule has 0 spiro atoms. The molecule has 2 amide bonds. The van der Waals surface area contributed by atoms with Crippen LogP contribution in [0.25, 0.3) is 0 Å². The van der Waals surface area contributed by atoms with Gasteiger partial charge in [-0.15, -0.1) is 0 Å². The lowest BCUT2D eigenvalue weighted by molar-refractivity contribution is 0.235. The van der Waals surface area contributed by atoms with Crippen LogP contribution in [0.2, 0.25) is 0 Å². The summed E-state index contributed by atoms with van der Waals surface area (Å²) in [5.74, 6) is 0. The third-order valence-corrected chi connectivity index (χ3v) is 4.25. The van der Waals surface area contributed by atoms with Crippen LogP contribution in [0.1, 0.15) is 41.3 Å². The van der Waals surface area contributed by atoms with Gasteiger partial charge in [-0.3, -0.25) is 4.68 Å². The molecule has 116 valence electrons. The van der Waals surface area contributed by atoms with E-state index in [9.17, 15) is 4.79 Å². The number of carbonyl (C=O) groups is 1. The SMILES string of the molecule is Cc1ccc(CNC(=O)NC2CCCc3c2cnn3C)cc1. The van der Waals surface area contributed by atoms with Crippen LogP contribution < -0.4 is 10.6 Å². The lowest BCUT2D eigenvalue weighted by atomic mass is 9.93. The van der Waals surface area contributed by atoms with Crippen LogP contribution in [0.3, 0.4) is 0 Å². The highest BCUT2D eigenvalue weighted by atomic mass is 16.2. The van der Waals surface area contributed by atoms with E-state index in [-0.39, 0.29) is 12.1 Å². The summed E-state index contributed by atoms with van der Waals surface area (Å²) in [5.41, 5.74) is 4.71. The summed E-state index contributed by atoms with van der Waals surface area (Å²) in [6.07, 6.45) is 4.96. The lowest BCUT2D eigenvalue weighted by Gasteiger charge is -2.24. The maximum Gasteiger partial charge on any atom is 0.315 e. The molecule has 1 atom stereocenters. The van der Waals surface area contributed by atoms with Gasteiger partial charge in [0.2, 0.25) is 0 Å². The quantitative estimate of drug-likeness (QED) is 0.915. The first-order chi connectivity index (χ1) is 10.6. The predicted molar refractivity (Wildman–Crippen MR) is 85.4 cm³/mol. The zero-order valence-corrected chi connectivity index (χ0v) is 13.1. The van der Waals surface area contributed by atoms with Crippen molar-refractivity contribution in [3.63, 3.8) is 0 Å². The standard InChI is InChI=1S/C17H22N4O/c1-12-6-8-13(9-7-12)10-18-17(22)20-15-4-3-5-16-14(15)11-19-21(16)2/h6-9,11,15H,3-5,10H2,1-2H3,(H2,18,20,22). The molecule has 1 aromatic carbocycles. The summed E-state index contributed by atoms with van der Waals surface area (Å²) >= 11 is 0. The fourth-order valence-electron chi connectivity index (χ4n) is 2.95. The van der Waals surface area contributed by atoms with E-state index in [4.69, 9.17) is 0 Å². The number of aromatic nitrogens is 2. The second-order valence-electron chi connectivity index (χ2n) is 5.93. The molecule has 22 heavy (non-hydrogen) atoms. The fraction of sp³-hybridized carbons (Fsp3) is 0.412. The Morgan fingerprint density at radius 1 is 1.36 bits per heavy atom. The largest absolute Gasteiger partial charge is 0.334 e. The molecular formula is C17H22N4O. The number of carbonyl (C=O) groups excluding carboxylic acids is 1. The Morgan fingerprint density at radius 2 is 2.14 bits per heavy atom. The summed E-state index contributed by atoms with van der Waals surface area (Å²) in [6, 6.07) is 8.12. The van der Waals surface area contributed by atoms with Crippen molar-refractivity contribution in [3.05, 3.63) is 52.8 Å².